The molecule has 0 saturated carbocycles. The number of rotatable bonds is 27. The minimum absolute atomic E-state index is 0.0672. The lowest BCUT2D eigenvalue weighted by Gasteiger charge is -2.35. The lowest BCUT2D eigenvalue weighted by molar-refractivity contribution is -0.142. The van der Waals surface area contributed by atoms with E-state index in [0.29, 0.717) is 121 Å². The lowest BCUT2D eigenvalue weighted by atomic mass is 10.1. The van der Waals surface area contributed by atoms with Crippen LogP contribution < -0.4 is 10.1 Å². The average Bonchev–Trinajstić information content (AvgIpc) is 3.11. The van der Waals surface area contributed by atoms with Crippen molar-refractivity contribution in [1.29, 1.82) is 0 Å². The molecule has 0 atom stereocenters. The van der Waals surface area contributed by atoms with Crippen molar-refractivity contribution in [1.82, 2.24) is 20.1 Å². The smallest absolute Gasteiger partial charge is 0.307 e. The molecule has 0 radical (unpaired) electrons. The summed E-state index contributed by atoms with van der Waals surface area (Å²) in [6.07, 6.45) is 1.33. The number of esters is 1. The minimum atomic E-state index is -0.302. The molecule has 1 aliphatic heterocycles. The van der Waals surface area contributed by atoms with Crippen molar-refractivity contribution in [2.45, 2.75) is 51.1 Å². The number of methoxy groups -OCH3 is 1. The Hall–Kier alpha value is -2.57. The van der Waals surface area contributed by atoms with Gasteiger partial charge in [0.05, 0.1) is 96.7 Å². The van der Waals surface area contributed by atoms with Gasteiger partial charge in [-0.2, -0.15) is 0 Å². The van der Waals surface area contributed by atoms with E-state index in [1.807, 2.05) is 4.90 Å². The van der Waals surface area contributed by atoms with Crippen molar-refractivity contribution in [3.63, 3.8) is 0 Å². The van der Waals surface area contributed by atoms with Crippen LogP contribution in [0.5, 0.6) is 5.75 Å². The number of aliphatic hydroxyl groups excluding tert-OH is 2. The highest BCUT2D eigenvalue weighted by Crippen LogP contribution is 2.29. The normalized spacial score (nSPS) is 13.8. The number of nitrogens with zero attached hydrogens (tertiary/aromatic N) is 3. The largest absolute Gasteiger partial charge is 0.492 e. The summed E-state index contributed by atoms with van der Waals surface area (Å²) in [5.74, 6) is 0.636. The summed E-state index contributed by atoms with van der Waals surface area (Å²) in [6.45, 7) is 11.3. The number of thioether (sulfide) groups is 1. The topological polar surface area (TPSA) is 178 Å². The van der Waals surface area contributed by atoms with Crippen LogP contribution in [0.3, 0.4) is 0 Å². The molecule has 3 N–H and O–H groups in total. The summed E-state index contributed by atoms with van der Waals surface area (Å²) in [7, 11) is 1.34. The van der Waals surface area contributed by atoms with Gasteiger partial charge >= 0.3 is 5.97 Å². The van der Waals surface area contributed by atoms with Crippen LogP contribution in [0.2, 0.25) is 0 Å². The van der Waals surface area contributed by atoms with Crippen molar-refractivity contribution >= 4 is 29.5 Å². The third-order valence-corrected chi connectivity index (χ3v) is 8.92. The first-order valence-corrected chi connectivity index (χ1v) is 17.8. The number of nitrogens with one attached hydrogen (secondary N) is 1. The minimum Gasteiger partial charge on any atom is -0.492 e. The summed E-state index contributed by atoms with van der Waals surface area (Å²) >= 11 is 1.54. The summed E-state index contributed by atoms with van der Waals surface area (Å²) < 4.78 is 31.7. The Balaban J connectivity index is 1.44. The zero-order chi connectivity index (χ0) is 35.7. The van der Waals surface area contributed by atoms with E-state index in [1.54, 1.807) is 23.9 Å². The van der Waals surface area contributed by atoms with E-state index in [1.165, 1.54) is 7.11 Å². The van der Waals surface area contributed by atoms with Gasteiger partial charge < -0.3 is 48.9 Å². The second kappa shape index (κ2) is 25.4. The molecule has 16 heteroatoms. The van der Waals surface area contributed by atoms with Crippen LogP contribution in [-0.4, -0.2) is 159 Å². The summed E-state index contributed by atoms with van der Waals surface area (Å²) in [4.78, 5) is 44.4. The number of carbonyl (C=O) groups excluding carboxylic acids is 3. The third kappa shape index (κ3) is 20.0. The summed E-state index contributed by atoms with van der Waals surface area (Å²) in [5, 5.41) is 21.5. The predicted octanol–water partition coefficient (Wildman–Crippen LogP) is 0.627. The SMILES string of the molecule is COC(=O)CCOCCOCCOCCOCCNC(=O)CSC(C)(C)CCC(=O)N1CCN(CCOc2cc(CO)nc(CO)c2)CC1. The Morgan fingerprint density at radius 3 is 1.98 bits per heavy atom. The number of carbonyl (C=O) groups is 3. The first-order valence-electron chi connectivity index (χ1n) is 16.8. The molecule has 0 bridgehead atoms. The quantitative estimate of drug-likeness (QED) is 0.0853. The molecule has 2 heterocycles. The van der Waals surface area contributed by atoms with Gasteiger partial charge in [0.1, 0.15) is 12.4 Å². The fourth-order valence-corrected chi connectivity index (χ4v) is 5.48. The van der Waals surface area contributed by atoms with Crippen LogP contribution in [0, 0.1) is 0 Å². The number of amides is 2. The zero-order valence-electron chi connectivity index (χ0n) is 29.3. The van der Waals surface area contributed by atoms with E-state index in [4.69, 9.17) is 23.7 Å². The molecule has 1 fully saturated rings. The van der Waals surface area contributed by atoms with Crippen LogP contribution in [0.15, 0.2) is 12.1 Å². The average molecular weight is 717 g/mol. The summed E-state index contributed by atoms with van der Waals surface area (Å²) in [5.41, 5.74) is 0.904. The second-order valence-electron chi connectivity index (χ2n) is 11.8. The maximum Gasteiger partial charge on any atom is 0.307 e. The van der Waals surface area contributed by atoms with Gasteiger partial charge in [-0.1, -0.05) is 13.8 Å². The highest BCUT2D eigenvalue weighted by molar-refractivity contribution is 8.01. The number of hydrogen-bond acceptors (Lipinski definition) is 14. The molecule has 1 aliphatic rings. The van der Waals surface area contributed by atoms with Crippen LogP contribution in [0.4, 0.5) is 0 Å². The molecule has 1 saturated heterocycles. The van der Waals surface area contributed by atoms with Gasteiger partial charge in [0.25, 0.3) is 0 Å². The van der Waals surface area contributed by atoms with Crippen LogP contribution in [-0.2, 0) is 51.3 Å². The van der Waals surface area contributed by atoms with Crippen molar-refractivity contribution in [2.24, 2.45) is 0 Å². The van der Waals surface area contributed by atoms with E-state index in [2.05, 4.69) is 33.8 Å². The van der Waals surface area contributed by atoms with Crippen molar-refractivity contribution in [2.75, 3.05) is 112 Å². The van der Waals surface area contributed by atoms with Gasteiger partial charge in [-0.25, -0.2) is 0 Å². The standard InChI is InChI=1S/C33H56N4O11S/c1-33(2,49-26-30(40)34-7-14-45-17-19-47-21-20-46-18-16-44-13-5-32(42)43-3)6-4-31(41)37-10-8-36(9-11-37)12-15-48-29-22-27(24-38)35-28(23-29)25-39/h22-23,38-39H,4-21,24-26H2,1-3H3,(H,34,40). The molecule has 0 unspecified atom stereocenters. The second-order valence-corrected chi connectivity index (χ2v) is 13.5. The maximum atomic E-state index is 12.9. The van der Waals surface area contributed by atoms with Gasteiger partial charge in [-0.15, -0.1) is 11.8 Å². The van der Waals surface area contributed by atoms with Gasteiger partial charge in [0.15, 0.2) is 0 Å². The van der Waals surface area contributed by atoms with Crippen molar-refractivity contribution < 1.29 is 53.0 Å². The first-order chi connectivity index (χ1) is 23.7. The number of aromatic nitrogens is 1. The molecule has 0 aromatic carbocycles. The molecular formula is C33H56N4O11S. The first kappa shape index (κ1) is 42.6. The van der Waals surface area contributed by atoms with Crippen molar-refractivity contribution in [3.05, 3.63) is 23.5 Å². The molecule has 1 aromatic heterocycles. The number of aliphatic hydroxyl groups is 2. The van der Waals surface area contributed by atoms with Gasteiger partial charge in [-0.05, 0) is 6.42 Å². The number of pyridine rings is 1. The summed E-state index contributed by atoms with van der Waals surface area (Å²) in [6, 6.07) is 3.33. The molecule has 280 valence electrons. The fourth-order valence-electron chi connectivity index (χ4n) is 4.61. The fraction of sp³-hybridized carbons (Fsp3) is 0.758. The van der Waals surface area contributed by atoms with Crippen LogP contribution in [0.25, 0.3) is 0 Å². The predicted molar refractivity (Wildman–Crippen MR) is 183 cm³/mol. The van der Waals surface area contributed by atoms with Gasteiger partial charge in [-0.3, -0.25) is 24.3 Å². The lowest BCUT2D eigenvalue weighted by Crippen LogP contribution is -2.49. The third-order valence-electron chi connectivity index (χ3n) is 7.53. The van der Waals surface area contributed by atoms with Gasteiger partial charge in [0.2, 0.25) is 11.8 Å². The van der Waals surface area contributed by atoms with E-state index in [0.717, 1.165) is 13.1 Å². The van der Waals surface area contributed by atoms with E-state index in [-0.39, 0.29) is 42.2 Å². The Morgan fingerprint density at radius 2 is 1.41 bits per heavy atom. The Bertz CT molecular complexity index is 1070. The Labute approximate surface area is 294 Å². The highest BCUT2D eigenvalue weighted by Gasteiger charge is 2.25. The zero-order valence-corrected chi connectivity index (χ0v) is 30.1. The molecule has 49 heavy (non-hydrogen) atoms. The van der Waals surface area contributed by atoms with Crippen LogP contribution >= 0.6 is 11.8 Å². The number of hydrogen-bond donors (Lipinski definition) is 3. The molecule has 1 aromatic rings. The van der Waals surface area contributed by atoms with Crippen molar-refractivity contribution in [3.8, 4) is 5.75 Å². The number of ether oxygens (including phenoxy) is 6. The monoisotopic (exact) mass is 716 g/mol. The molecule has 0 spiro atoms. The van der Waals surface area contributed by atoms with E-state index >= 15 is 0 Å². The Kier molecular flexibility index (Phi) is 22.1. The maximum absolute atomic E-state index is 12.9. The molecule has 2 rings (SSSR count). The molecule has 0 aliphatic carbocycles. The van der Waals surface area contributed by atoms with E-state index in [9.17, 15) is 24.6 Å². The van der Waals surface area contributed by atoms with E-state index < -0.39 is 0 Å². The number of piperazine rings is 1. The Morgan fingerprint density at radius 1 is 0.837 bits per heavy atom. The molecule has 2 amide bonds. The molecule has 15 nitrogen and oxygen atoms in total. The molecular weight excluding hydrogens is 660 g/mol. The van der Waals surface area contributed by atoms with Gasteiger partial charge in [0, 0.05) is 62.6 Å². The van der Waals surface area contributed by atoms with Crippen LogP contribution in [0.1, 0.15) is 44.5 Å². The highest BCUT2D eigenvalue weighted by atomic mass is 32.2.